The summed E-state index contributed by atoms with van der Waals surface area (Å²) in [5.74, 6) is 0.885. The van der Waals surface area contributed by atoms with Crippen LogP contribution in [0.5, 0.6) is 0 Å². The molecule has 98 valence electrons. The maximum absolute atomic E-state index is 5.87. The lowest BCUT2D eigenvalue weighted by Gasteiger charge is -2.35. The molecule has 1 aliphatic heterocycles. The quantitative estimate of drug-likeness (QED) is 0.884. The molecule has 1 saturated heterocycles. The smallest absolute Gasteiger partial charge is 0.225 e. The summed E-state index contributed by atoms with van der Waals surface area (Å²) in [5, 5.41) is 0. The predicted octanol–water partition coefficient (Wildman–Crippen LogP) is 1.85. The number of rotatable bonds is 3. The van der Waals surface area contributed by atoms with Crippen molar-refractivity contribution < 1.29 is 0 Å². The Bertz CT molecular complexity index is 428. The van der Waals surface area contributed by atoms with Crippen molar-refractivity contribution in [3.05, 3.63) is 18.0 Å². The highest BCUT2D eigenvalue weighted by Gasteiger charge is 2.41. The Balaban J connectivity index is 1.86. The molecule has 1 unspecified atom stereocenters. The molecule has 2 fully saturated rings. The summed E-state index contributed by atoms with van der Waals surface area (Å²) >= 11 is 0. The van der Waals surface area contributed by atoms with Gasteiger partial charge in [0.1, 0.15) is 0 Å². The molecule has 18 heavy (non-hydrogen) atoms. The molecule has 0 bridgehead atoms. The minimum Gasteiger partial charge on any atom is -0.337 e. The summed E-state index contributed by atoms with van der Waals surface area (Å²) in [7, 11) is 0. The number of hydrogen-bond acceptors (Lipinski definition) is 4. The lowest BCUT2D eigenvalue weighted by molar-refractivity contribution is 0.457. The molecule has 4 nitrogen and oxygen atoms in total. The molecule has 0 radical (unpaired) electrons. The van der Waals surface area contributed by atoms with E-state index >= 15 is 0 Å². The zero-order valence-electron chi connectivity index (χ0n) is 11.1. The van der Waals surface area contributed by atoms with Gasteiger partial charge in [0.25, 0.3) is 0 Å². The first kappa shape index (κ1) is 11.9. The Kier molecular flexibility index (Phi) is 2.98. The van der Waals surface area contributed by atoms with Gasteiger partial charge in [0, 0.05) is 30.7 Å². The van der Waals surface area contributed by atoms with Gasteiger partial charge in [0.05, 0.1) is 5.69 Å². The van der Waals surface area contributed by atoms with Gasteiger partial charge in [0.2, 0.25) is 5.95 Å². The van der Waals surface area contributed by atoms with Crippen LogP contribution in [0.3, 0.4) is 0 Å². The number of nitrogens with two attached hydrogens (primary N) is 1. The van der Waals surface area contributed by atoms with E-state index in [4.69, 9.17) is 10.7 Å². The fraction of sp³-hybridized carbons (Fsp3) is 0.714. The van der Waals surface area contributed by atoms with Gasteiger partial charge in [-0.25, -0.2) is 9.97 Å². The fourth-order valence-electron chi connectivity index (χ4n) is 2.78. The van der Waals surface area contributed by atoms with Crippen LogP contribution in [0.25, 0.3) is 0 Å². The van der Waals surface area contributed by atoms with Crippen LogP contribution in [0.4, 0.5) is 5.95 Å². The summed E-state index contributed by atoms with van der Waals surface area (Å²) in [6, 6.07) is 2.48. The van der Waals surface area contributed by atoms with Gasteiger partial charge in [0.15, 0.2) is 0 Å². The van der Waals surface area contributed by atoms with Crippen LogP contribution in [0, 0.1) is 0 Å². The van der Waals surface area contributed by atoms with Gasteiger partial charge in [-0.3, -0.25) is 0 Å². The molecule has 2 aliphatic rings. The van der Waals surface area contributed by atoms with Crippen LogP contribution in [0.2, 0.25) is 0 Å². The SMILES string of the molecule is CC1(c2ccnc(N3CCCCC3CN)n2)CC1. The van der Waals surface area contributed by atoms with Gasteiger partial charge in [-0.15, -0.1) is 0 Å². The molecule has 1 atom stereocenters. The van der Waals surface area contributed by atoms with Crippen molar-refractivity contribution in [2.75, 3.05) is 18.0 Å². The van der Waals surface area contributed by atoms with E-state index in [1.165, 1.54) is 37.8 Å². The highest BCUT2D eigenvalue weighted by Crippen LogP contribution is 2.46. The second-order valence-corrected chi connectivity index (χ2v) is 5.88. The van der Waals surface area contributed by atoms with Crippen LogP contribution in [0.1, 0.15) is 44.7 Å². The average Bonchev–Trinajstić information content (AvgIpc) is 3.18. The van der Waals surface area contributed by atoms with E-state index in [-0.39, 0.29) is 0 Å². The van der Waals surface area contributed by atoms with Gasteiger partial charge >= 0.3 is 0 Å². The Labute approximate surface area is 109 Å². The van der Waals surface area contributed by atoms with E-state index in [1.807, 2.05) is 6.20 Å². The van der Waals surface area contributed by atoms with Gasteiger partial charge in [-0.05, 0) is 38.2 Å². The van der Waals surface area contributed by atoms with Crippen molar-refractivity contribution in [3.8, 4) is 0 Å². The third-order valence-corrected chi connectivity index (χ3v) is 4.42. The third-order valence-electron chi connectivity index (χ3n) is 4.42. The van der Waals surface area contributed by atoms with Crippen molar-refractivity contribution in [1.82, 2.24) is 9.97 Å². The molecule has 1 aromatic heterocycles. The predicted molar refractivity (Wildman–Crippen MR) is 72.7 cm³/mol. The minimum absolute atomic E-state index is 0.311. The van der Waals surface area contributed by atoms with E-state index in [9.17, 15) is 0 Å². The first-order chi connectivity index (χ1) is 8.73. The molecule has 3 rings (SSSR count). The standard InChI is InChI=1S/C14H22N4/c1-14(6-7-14)12-5-8-16-13(17-12)18-9-3-2-4-11(18)10-15/h5,8,11H,2-4,6-7,9-10,15H2,1H3. The normalized spacial score (nSPS) is 26.1. The Morgan fingerprint density at radius 2 is 2.28 bits per heavy atom. The topological polar surface area (TPSA) is 55.0 Å². The maximum Gasteiger partial charge on any atom is 0.225 e. The average molecular weight is 246 g/mol. The third kappa shape index (κ3) is 2.09. The van der Waals surface area contributed by atoms with E-state index < -0.39 is 0 Å². The first-order valence-electron chi connectivity index (χ1n) is 7.03. The van der Waals surface area contributed by atoms with E-state index in [2.05, 4.69) is 22.9 Å². The zero-order chi connectivity index (χ0) is 12.6. The highest BCUT2D eigenvalue weighted by atomic mass is 15.3. The molecular formula is C14H22N4. The Hall–Kier alpha value is -1.16. The molecule has 0 aromatic carbocycles. The second kappa shape index (κ2) is 4.50. The molecule has 2 heterocycles. The van der Waals surface area contributed by atoms with Crippen molar-refractivity contribution in [2.24, 2.45) is 5.73 Å². The molecule has 1 aromatic rings. The van der Waals surface area contributed by atoms with Crippen molar-refractivity contribution in [2.45, 2.75) is 50.5 Å². The van der Waals surface area contributed by atoms with Gasteiger partial charge < -0.3 is 10.6 Å². The van der Waals surface area contributed by atoms with E-state index in [1.54, 1.807) is 0 Å². The number of hydrogen-bond donors (Lipinski definition) is 1. The van der Waals surface area contributed by atoms with Crippen LogP contribution in [-0.4, -0.2) is 29.1 Å². The lowest BCUT2D eigenvalue weighted by atomic mass is 10.0. The Morgan fingerprint density at radius 1 is 1.44 bits per heavy atom. The molecule has 4 heteroatoms. The zero-order valence-corrected chi connectivity index (χ0v) is 11.1. The monoisotopic (exact) mass is 246 g/mol. The van der Waals surface area contributed by atoms with E-state index in [0.29, 0.717) is 18.0 Å². The summed E-state index contributed by atoms with van der Waals surface area (Å²) in [4.78, 5) is 11.6. The molecule has 0 spiro atoms. The number of aromatic nitrogens is 2. The highest BCUT2D eigenvalue weighted by molar-refractivity contribution is 5.36. The Morgan fingerprint density at radius 3 is 3.00 bits per heavy atom. The van der Waals surface area contributed by atoms with Crippen LogP contribution < -0.4 is 10.6 Å². The number of anilines is 1. The van der Waals surface area contributed by atoms with Crippen LogP contribution in [-0.2, 0) is 5.41 Å². The van der Waals surface area contributed by atoms with Gasteiger partial charge in [-0.2, -0.15) is 0 Å². The minimum atomic E-state index is 0.311. The van der Waals surface area contributed by atoms with Crippen molar-refractivity contribution in [1.29, 1.82) is 0 Å². The molecule has 1 saturated carbocycles. The number of nitrogens with zero attached hydrogens (tertiary/aromatic N) is 3. The maximum atomic E-state index is 5.87. The lowest BCUT2D eigenvalue weighted by Crippen LogP contribution is -2.45. The molecule has 1 aliphatic carbocycles. The fourth-order valence-corrected chi connectivity index (χ4v) is 2.78. The van der Waals surface area contributed by atoms with Crippen molar-refractivity contribution in [3.63, 3.8) is 0 Å². The van der Waals surface area contributed by atoms with Crippen LogP contribution in [0.15, 0.2) is 12.3 Å². The molecule has 0 amide bonds. The van der Waals surface area contributed by atoms with Gasteiger partial charge in [-0.1, -0.05) is 6.92 Å². The summed E-state index contributed by atoms with van der Waals surface area (Å²) in [6.45, 7) is 4.03. The summed E-state index contributed by atoms with van der Waals surface area (Å²) in [5.41, 5.74) is 7.38. The van der Waals surface area contributed by atoms with Crippen molar-refractivity contribution >= 4 is 5.95 Å². The molecular weight excluding hydrogens is 224 g/mol. The molecule has 2 N–H and O–H groups in total. The second-order valence-electron chi connectivity index (χ2n) is 5.88. The van der Waals surface area contributed by atoms with E-state index in [0.717, 1.165) is 12.5 Å². The largest absolute Gasteiger partial charge is 0.337 e. The summed E-state index contributed by atoms with van der Waals surface area (Å²) < 4.78 is 0. The summed E-state index contributed by atoms with van der Waals surface area (Å²) in [6.07, 6.45) is 8.08. The number of piperidine rings is 1. The first-order valence-corrected chi connectivity index (χ1v) is 7.03. The van der Waals surface area contributed by atoms with Crippen LogP contribution >= 0.6 is 0 Å².